The van der Waals surface area contributed by atoms with Crippen molar-refractivity contribution in [3.8, 4) is 0 Å². The molecule has 0 radical (unpaired) electrons. The van der Waals surface area contributed by atoms with Crippen molar-refractivity contribution in [1.29, 1.82) is 0 Å². The van der Waals surface area contributed by atoms with Crippen LogP contribution in [0.2, 0.25) is 0 Å². The third kappa shape index (κ3) is 1.99. The zero-order chi connectivity index (χ0) is 7.40. The van der Waals surface area contributed by atoms with Crippen LogP contribution in [0.15, 0.2) is 0 Å². The monoisotopic (exact) mass is 143 g/mol. The summed E-state index contributed by atoms with van der Waals surface area (Å²) in [6.07, 6.45) is 2.45. The lowest BCUT2D eigenvalue weighted by Gasteiger charge is -2.09. The van der Waals surface area contributed by atoms with E-state index in [1.54, 1.807) is 0 Å². The molecular weight excluding hydrogens is 130 g/mol. The Balaban J connectivity index is 2.12. The van der Waals surface area contributed by atoms with Crippen LogP contribution in [0.3, 0.4) is 0 Å². The van der Waals surface area contributed by atoms with Crippen molar-refractivity contribution in [3.63, 3.8) is 0 Å². The van der Waals surface area contributed by atoms with Gasteiger partial charge in [0, 0.05) is 19.4 Å². The Morgan fingerprint density at radius 1 is 1.80 bits per heavy atom. The molecule has 1 rings (SSSR count). The Labute approximate surface area is 60.7 Å². The van der Waals surface area contributed by atoms with E-state index >= 15 is 0 Å². The Morgan fingerprint density at radius 3 is 3.10 bits per heavy atom. The van der Waals surface area contributed by atoms with Crippen molar-refractivity contribution >= 4 is 5.91 Å². The Kier molecular flexibility index (Phi) is 2.68. The summed E-state index contributed by atoms with van der Waals surface area (Å²) in [4.78, 5) is 10.6. The first-order valence-corrected chi connectivity index (χ1v) is 3.74. The summed E-state index contributed by atoms with van der Waals surface area (Å²) in [6.45, 7) is 2.79. The second-order valence-corrected chi connectivity index (χ2v) is 2.47. The van der Waals surface area contributed by atoms with Crippen molar-refractivity contribution in [1.82, 2.24) is 5.32 Å². The highest BCUT2D eigenvalue weighted by Crippen LogP contribution is 2.07. The normalized spacial score (nSPS) is 24.9. The summed E-state index contributed by atoms with van der Waals surface area (Å²) < 4.78 is 5.29. The van der Waals surface area contributed by atoms with Gasteiger partial charge in [-0.3, -0.25) is 4.79 Å². The molecule has 1 N–H and O–H groups in total. The number of rotatable bonds is 3. The average Bonchev–Trinajstić information content (AvgIpc) is 2.31. The molecule has 1 heterocycles. The second-order valence-electron chi connectivity index (χ2n) is 2.47. The van der Waals surface area contributed by atoms with Crippen molar-refractivity contribution in [2.45, 2.75) is 32.4 Å². The molecule has 3 nitrogen and oxygen atoms in total. The molecule has 1 aliphatic heterocycles. The molecule has 0 bridgehead atoms. The van der Waals surface area contributed by atoms with Gasteiger partial charge in [0.25, 0.3) is 0 Å². The molecule has 3 heteroatoms. The van der Waals surface area contributed by atoms with Crippen LogP contribution < -0.4 is 5.32 Å². The SMILES string of the molecule is CCCOC1CCC(=O)N1. The van der Waals surface area contributed by atoms with Crippen molar-refractivity contribution < 1.29 is 9.53 Å². The van der Waals surface area contributed by atoms with Crippen molar-refractivity contribution in [2.24, 2.45) is 0 Å². The number of hydrogen-bond donors (Lipinski definition) is 1. The van der Waals surface area contributed by atoms with Gasteiger partial charge in [-0.15, -0.1) is 0 Å². The third-order valence-electron chi connectivity index (χ3n) is 1.48. The fraction of sp³-hybridized carbons (Fsp3) is 0.857. The maximum absolute atomic E-state index is 10.6. The molecule has 0 saturated carbocycles. The van der Waals surface area contributed by atoms with E-state index < -0.39 is 0 Å². The smallest absolute Gasteiger partial charge is 0.222 e. The van der Waals surface area contributed by atoms with Gasteiger partial charge in [0.1, 0.15) is 6.23 Å². The summed E-state index contributed by atoms with van der Waals surface area (Å²) in [5.74, 6) is 0.112. The zero-order valence-corrected chi connectivity index (χ0v) is 6.22. The zero-order valence-electron chi connectivity index (χ0n) is 6.22. The van der Waals surface area contributed by atoms with E-state index in [4.69, 9.17) is 4.74 Å². The van der Waals surface area contributed by atoms with Gasteiger partial charge in [-0.2, -0.15) is 0 Å². The van der Waals surface area contributed by atoms with Crippen LogP contribution >= 0.6 is 0 Å². The fourth-order valence-corrected chi connectivity index (χ4v) is 0.971. The first-order valence-electron chi connectivity index (χ1n) is 3.74. The largest absolute Gasteiger partial charge is 0.359 e. The molecule has 0 aromatic carbocycles. The minimum atomic E-state index is -0.00699. The predicted octanol–water partition coefficient (Wildman–Crippen LogP) is 0.649. The maximum atomic E-state index is 10.6. The highest BCUT2D eigenvalue weighted by molar-refractivity contribution is 5.78. The molecule has 0 aromatic rings. The van der Waals surface area contributed by atoms with Gasteiger partial charge in [-0.05, 0) is 6.42 Å². The highest BCUT2D eigenvalue weighted by atomic mass is 16.5. The van der Waals surface area contributed by atoms with Crippen LogP contribution in [0, 0.1) is 0 Å². The summed E-state index contributed by atoms with van der Waals surface area (Å²) in [5.41, 5.74) is 0. The van der Waals surface area contributed by atoms with E-state index in [-0.39, 0.29) is 12.1 Å². The standard InChI is InChI=1S/C7H13NO2/c1-2-5-10-7-4-3-6(9)8-7/h7H,2-5H2,1H3,(H,8,9). The number of nitrogens with one attached hydrogen (secondary N) is 1. The quantitative estimate of drug-likeness (QED) is 0.630. The van der Waals surface area contributed by atoms with Gasteiger partial charge in [0.15, 0.2) is 0 Å². The van der Waals surface area contributed by atoms with Gasteiger partial charge in [-0.25, -0.2) is 0 Å². The predicted molar refractivity (Wildman–Crippen MR) is 37.4 cm³/mol. The molecule has 1 amide bonds. The van der Waals surface area contributed by atoms with E-state index in [1.807, 2.05) is 0 Å². The van der Waals surface area contributed by atoms with Crippen LogP contribution in [0.1, 0.15) is 26.2 Å². The molecule has 10 heavy (non-hydrogen) atoms. The molecule has 1 fully saturated rings. The van der Waals surface area contributed by atoms with E-state index in [0.29, 0.717) is 6.42 Å². The van der Waals surface area contributed by atoms with E-state index in [0.717, 1.165) is 19.4 Å². The third-order valence-corrected chi connectivity index (χ3v) is 1.48. The lowest BCUT2D eigenvalue weighted by Crippen LogP contribution is -2.28. The van der Waals surface area contributed by atoms with Gasteiger partial charge in [0.05, 0.1) is 0 Å². The Morgan fingerprint density at radius 2 is 2.60 bits per heavy atom. The minimum absolute atomic E-state index is 0.00699. The molecule has 0 aliphatic carbocycles. The van der Waals surface area contributed by atoms with Gasteiger partial charge in [-0.1, -0.05) is 6.92 Å². The van der Waals surface area contributed by atoms with Gasteiger partial charge >= 0.3 is 0 Å². The van der Waals surface area contributed by atoms with Gasteiger partial charge in [0.2, 0.25) is 5.91 Å². The van der Waals surface area contributed by atoms with Crippen LogP contribution in [-0.2, 0) is 9.53 Å². The van der Waals surface area contributed by atoms with Crippen LogP contribution in [0.5, 0.6) is 0 Å². The number of carbonyl (C=O) groups excluding carboxylic acids is 1. The summed E-state index contributed by atoms with van der Waals surface area (Å²) in [5, 5.41) is 2.73. The molecule has 1 saturated heterocycles. The molecule has 1 atom stereocenters. The molecule has 58 valence electrons. The van der Waals surface area contributed by atoms with Crippen molar-refractivity contribution in [2.75, 3.05) is 6.61 Å². The molecule has 1 unspecified atom stereocenters. The van der Waals surface area contributed by atoms with E-state index in [9.17, 15) is 4.79 Å². The number of hydrogen-bond acceptors (Lipinski definition) is 2. The molecule has 1 aliphatic rings. The highest BCUT2D eigenvalue weighted by Gasteiger charge is 2.20. The summed E-state index contributed by atoms with van der Waals surface area (Å²) >= 11 is 0. The lowest BCUT2D eigenvalue weighted by molar-refractivity contribution is -0.120. The number of carbonyl (C=O) groups is 1. The first kappa shape index (κ1) is 7.54. The van der Waals surface area contributed by atoms with Crippen LogP contribution in [0.4, 0.5) is 0 Å². The Bertz CT molecular complexity index is 125. The summed E-state index contributed by atoms with van der Waals surface area (Å²) in [6, 6.07) is 0. The van der Waals surface area contributed by atoms with Gasteiger partial charge < -0.3 is 10.1 Å². The maximum Gasteiger partial charge on any atom is 0.222 e. The van der Waals surface area contributed by atoms with Crippen LogP contribution in [-0.4, -0.2) is 18.7 Å². The Hall–Kier alpha value is -0.570. The van der Waals surface area contributed by atoms with Crippen LogP contribution in [0.25, 0.3) is 0 Å². The fourth-order valence-electron chi connectivity index (χ4n) is 0.971. The van der Waals surface area contributed by atoms with E-state index in [1.165, 1.54) is 0 Å². The van der Waals surface area contributed by atoms with E-state index in [2.05, 4.69) is 12.2 Å². The van der Waals surface area contributed by atoms with Crippen molar-refractivity contribution in [3.05, 3.63) is 0 Å². The molecule has 0 spiro atoms. The molecule has 0 aromatic heterocycles. The summed E-state index contributed by atoms with van der Waals surface area (Å²) in [7, 11) is 0. The second kappa shape index (κ2) is 3.56. The average molecular weight is 143 g/mol. The minimum Gasteiger partial charge on any atom is -0.359 e. The topological polar surface area (TPSA) is 38.3 Å². The lowest BCUT2D eigenvalue weighted by atomic mass is 10.3. The molecular formula is C7H13NO2. The number of ether oxygens (including phenoxy) is 1. The first-order chi connectivity index (χ1) is 4.83. The number of amides is 1.